The molecular formula is C17H36O4S. The number of rotatable bonds is 15. The topological polar surface area (TPSA) is 74.6 Å². The normalized spacial score (nSPS) is 14.9. The molecule has 0 bridgehead atoms. The van der Waals surface area contributed by atoms with Crippen LogP contribution in [0.4, 0.5) is 0 Å². The Morgan fingerprint density at radius 3 is 1.50 bits per heavy atom. The molecule has 1 atom stereocenters. The molecule has 134 valence electrons. The van der Waals surface area contributed by atoms with Crippen molar-refractivity contribution >= 4 is 10.1 Å². The smallest absolute Gasteiger partial charge is 0.272 e. The fraction of sp³-hybridized carbons (Fsp3) is 1.00. The standard InChI is InChI=1S/C17H36O4S/c1-3-5-6-7-8-9-10-11-12-13-14-15-17(4-2,16-18)22(19,20)21/h18H,3-16H2,1-2H3,(H,19,20,21). The summed E-state index contributed by atoms with van der Waals surface area (Å²) in [5.41, 5.74) is 0. The van der Waals surface area contributed by atoms with Gasteiger partial charge in [0.15, 0.2) is 0 Å². The van der Waals surface area contributed by atoms with E-state index in [9.17, 15) is 18.1 Å². The quantitative estimate of drug-likeness (QED) is 0.335. The van der Waals surface area contributed by atoms with Gasteiger partial charge in [-0.1, -0.05) is 84.5 Å². The minimum Gasteiger partial charge on any atom is -0.395 e. The molecule has 0 saturated carbocycles. The highest BCUT2D eigenvalue weighted by atomic mass is 32.2. The molecule has 1 unspecified atom stereocenters. The molecule has 0 amide bonds. The van der Waals surface area contributed by atoms with Crippen molar-refractivity contribution in [1.29, 1.82) is 0 Å². The number of hydrogen-bond acceptors (Lipinski definition) is 3. The summed E-state index contributed by atoms with van der Waals surface area (Å²) in [5.74, 6) is 0. The highest BCUT2D eigenvalue weighted by Crippen LogP contribution is 2.27. The molecule has 0 heterocycles. The van der Waals surface area contributed by atoms with Crippen LogP contribution in [0.5, 0.6) is 0 Å². The molecule has 0 spiro atoms. The second-order valence-electron chi connectivity index (χ2n) is 6.46. The maximum absolute atomic E-state index is 11.4. The van der Waals surface area contributed by atoms with E-state index in [0.717, 1.165) is 19.3 Å². The van der Waals surface area contributed by atoms with Crippen LogP contribution in [0.1, 0.15) is 97.3 Å². The van der Waals surface area contributed by atoms with Gasteiger partial charge in [0.25, 0.3) is 10.1 Å². The molecule has 0 aromatic carbocycles. The van der Waals surface area contributed by atoms with Gasteiger partial charge in [0.05, 0.1) is 6.61 Å². The van der Waals surface area contributed by atoms with Crippen LogP contribution in [-0.4, -0.2) is 29.4 Å². The predicted octanol–water partition coefficient (Wildman–Crippen LogP) is 4.72. The molecule has 0 radical (unpaired) electrons. The summed E-state index contributed by atoms with van der Waals surface area (Å²) in [6.07, 6.45) is 13.8. The van der Waals surface area contributed by atoms with E-state index in [0.29, 0.717) is 6.42 Å². The van der Waals surface area contributed by atoms with Crippen LogP contribution >= 0.6 is 0 Å². The van der Waals surface area contributed by atoms with Gasteiger partial charge in [-0.2, -0.15) is 8.42 Å². The first-order valence-electron chi connectivity index (χ1n) is 9.01. The van der Waals surface area contributed by atoms with Crippen molar-refractivity contribution in [3.8, 4) is 0 Å². The number of aliphatic hydroxyl groups excluding tert-OH is 1. The Bertz CT molecular complexity index is 348. The molecule has 0 aliphatic carbocycles. The minimum absolute atomic E-state index is 0.250. The van der Waals surface area contributed by atoms with E-state index in [1.54, 1.807) is 6.92 Å². The Morgan fingerprint density at radius 1 is 0.773 bits per heavy atom. The predicted molar refractivity (Wildman–Crippen MR) is 92.7 cm³/mol. The molecule has 5 heteroatoms. The molecule has 0 aromatic heterocycles. The lowest BCUT2D eigenvalue weighted by Gasteiger charge is -2.26. The van der Waals surface area contributed by atoms with Crippen LogP contribution < -0.4 is 0 Å². The third-order valence-corrected chi connectivity index (χ3v) is 6.43. The Balaban J connectivity index is 3.67. The largest absolute Gasteiger partial charge is 0.395 e. The molecule has 0 aliphatic rings. The third-order valence-electron chi connectivity index (χ3n) is 4.72. The number of hydrogen-bond donors (Lipinski definition) is 2. The van der Waals surface area contributed by atoms with Crippen molar-refractivity contribution in [1.82, 2.24) is 0 Å². The third kappa shape index (κ3) is 8.49. The lowest BCUT2D eigenvalue weighted by Crippen LogP contribution is -2.41. The molecule has 0 aromatic rings. The van der Waals surface area contributed by atoms with Gasteiger partial charge in [0, 0.05) is 0 Å². The van der Waals surface area contributed by atoms with E-state index in [-0.39, 0.29) is 6.42 Å². The summed E-state index contributed by atoms with van der Waals surface area (Å²) >= 11 is 0. The molecule has 4 nitrogen and oxygen atoms in total. The first-order chi connectivity index (χ1) is 10.4. The first kappa shape index (κ1) is 21.9. The van der Waals surface area contributed by atoms with Crippen molar-refractivity contribution in [3.05, 3.63) is 0 Å². The van der Waals surface area contributed by atoms with Gasteiger partial charge in [-0.05, 0) is 12.8 Å². The molecule has 0 aliphatic heterocycles. The van der Waals surface area contributed by atoms with E-state index in [4.69, 9.17) is 0 Å². The fourth-order valence-corrected chi connectivity index (χ4v) is 3.80. The average molecular weight is 337 g/mol. The van der Waals surface area contributed by atoms with Crippen LogP contribution in [0, 0.1) is 0 Å². The van der Waals surface area contributed by atoms with E-state index in [2.05, 4.69) is 6.92 Å². The van der Waals surface area contributed by atoms with Crippen molar-refractivity contribution in [2.75, 3.05) is 6.61 Å². The van der Waals surface area contributed by atoms with Crippen molar-refractivity contribution in [2.45, 2.75) is 102 Å². The van der Waals surface area contributed by atoms with Gasteiger partial charge in [0.2, 0.25) is 0 Å². The summed E-state index contributed by atoms with van der Waals surface area (Å²) in [6, 6.07) is 0. The van der Waals surface area contributed by atoms with Gasteiger partial charge >= 0.3 is 0 Å². The van der Waals surface area contributed by atoms with E-state index in [1.807, 2.05) is 0 Å². The Labute approximate surface area is 137 Å². The number of aliphatic hydroxyl groups is 1. The minimum atomic E-state index is -4.19. The van der Waals surface area contributed by atoms with Crippen LogP contribution in [0.25, 0.3) is 0 Å². The zero-order valence-corrected chi connectivity index (χ0v) is 15.3. The summed E-state index contributed by atoms with van der Waals surface area (Å²) in [6.45, 7) is 3.43. The number of unbranched alkanes of at least 4 members (excludes halogenated alkanes) is 10. The lowest BCUT2D eigenvalue weighted by molar-refractivity contribution is 0.216. The molecule has 2 N–H and O–H groups in total. The van der Waals surface area contributed by atoms with Gasteiger partial charge in [-0.3, -0.25) is 4.55 Å². The maximum Gasteiger partial charge on any atom is 0.272 e. The molecule has 0 fully saturated rings. The lowest BCUT2D eigenvalue weighted by atomic mass is 9.97. The van der Waals surface area contributed by atoms with Gasteiger partial charge < -0.3 is 5.11 Å². The van der Waals surface area contributed by atoms with Crippen molar-refractivity contribution < 1.29 is 18.1 Å². The monoisotopic (exact) mass is 336 g/mol. The Morgan fingerprint density at radius 2 is 1.18 bits per heavy atom. The second-order valence-corrected chi connectivity index (χ2v) is 8.27. The van der Waals surface area contributed by atoms with Crippen molar-refractivity contribution in [3.63, 3.8) is 0 Å². The first-order valence-corrected chi connectivity index (χ1v) is 10.5. The van der Waals surface area contributed by atoms with E-state index in [1.165, 1.54) is 51.4 Å². The highest BCUT2D eigenvalue weighted by Gasteiger charge is 2.40. The Hall–Kier alpha value is -0.130. The Kier molecular flexibility index (Phi) is 12.2. The highest BCUT2D eigenvalue weighted by molar-refractivity contribution is 7.87. The van der Waals surface area contributed by atoms with E-state index < -0.39 is 21.5 Å². The second kappa shape index (κ2) is 12.3. The summed E-state index contributed by atoms with van der Waals surface area (Å²) in [5, 5.41) is 9.33. The summed E-state index contributed by atoms with van der Waals surface area (Å²) < 4.78 is 30.8. The van der Waals surface area contributed by atoms with E-state index >= 15 is 0 Å². The van der Waals surface area contributed by atoms with Gasteiger partial charge in [-0.15, -0.1) is 0 Å². The van der Waals surface area contributed by atoms with Crippen molar-refractivity contribution in [2.24, 2.45) is 0 Å². The summed E-state index contributed by atoms with van der Waals surface area (Å²) in [4.78, 5) is 0. The molecule has 0 rings (SSSR count). The SMILES string of the molecule is CCCCCCCCCCCCCC(CC)(CO)S(=O)(=O)O. The summed E-state index contributed by atoms with van der Waals surface area (Å²) in [7, 11) is -4.19. The average Bonchev–Trinajstić information content (AvgIpc) is 2.47. The zero-order chi connectivity index (χ0) is 16.9. The van der Waals surface area contributed by atoms with Crippen LogP contribution in [-0.2, 0) is 10.1 Å². The molecule has 0 saturated heterocycles. The van der Waals surface area contributed by atoms with Crippen LogP contribution in [0.3, 0.4) is 0 Å². The van der Waals surface area contributed by atoms with Gasteiger partial charge in [-0.25, -0.2) is 0 Å². The van der Waals surface area contributed by atoms with Gasteiger partial charge in [0.1, 0.15) is 4.75 Å². The zero-order valence-electron chi connectivity index (χ0n) is 14.5. The fourth-order valence-electron chi connectivity index (χ4n) is 2.87. The van der Waals surface area contributed by atoms with Crippen LogP contribution in [0.15, 0.2) is 0 Å². The molecular weight excluding hydrogens is 300 g/mol. The molecule has 22 heavy (non-hydrogen) atoms. The van der Waals surface area contributed by atoms with Crippen LogP contribution in [0.2, 0.25) is 0 Å². The maximum atomic E-state index is 11.4.